The largest absolute Gasteiger partial charge is 0.505 e. The number of halogens is 2. The summed E-state index contributed by atoms with van der Waals surface area (Å²) in [4.78, 5) is 17.4. The van der Waals surface area contributed by atoms with E-state index in [1.165, 1.54) is 12.1 Å². The van der Waals surface area contributed by atoms with E-state index in [1.807, 2.05) is 60.7 Å². The second-order valence-electron chi connectivity index (χ2n) is 8.32. The van der Waals surface area contributed by atoms with E-state index in [9.17, 15) is 9.90 Å². The van der Waals surface area contributed by atoms with Gasteiger partial charge >= 0.3 is 0 Å². The number of hydrogen-bond donors (Lipinski definition) is 2. The Morgan fingerprint density at radius 3 is 2.29 bits per heavy atom. The number of para-hydroxylation sites is 1. The van der Waals surface area contributed by atoms with E-state index in [1.54, 1.807) is 23.0 Å². The van der Waals surface area contributed by atoms with Crippen molar-refractivity contribution in [1.82, 2.24) is 25.1 Å². The third-order valence-corrected chi connectivity index (χ3v) is 6.22. The van der Waals surface area contributed by atoms with Crippen LogP contribution < -0.4 is 10.1 Å². The van der Waals surface area contributed by atoms with E-state index < -0.39 is 5.91 Å². The predicted molar refractivity (Wildman–Crippen MR) is 145 cm³/mol. The number of hydrogen-bond acceptors (Lipinski definition) is 6. The third kappa shape index (κ3) is 5.77. The van der Waals surface area contributed by atoms with Gasteiger partial charge in [-0.05, 0) is 53.6 Å². The molecule has 0 spiro atoms. The van der Waals surface area contributed by atoms with Crippen LogP contribution in [0.2, 0.25) is 10.0 Å². The maximum absolute atomic E-state index is 13.2. The van der Waals surface area contributed by atoms with E-state index in [4.69, 9.17) is 27.9 Å². The number of phenolic OH excluding ortho intramolecular Hbond substituents is 1. The second-order valence-corrected chi connectivity index (χ2v) is 9.14. The van der Waals surface area contributed by atoms with Gasteiger partial charge in [0.1, 0.15) is 11.5 Å². The highest BCUT2D eigenvalue weighted by Crippen LogP contribution is 2.36. The van der Waals surface area contributed by atoms with Gasteiger partial charge in [-0.2, -0.15) is 0 Å². The topological polar surface area (TPSA) is 102 Å². The minimum absolute atomic E-state index is 0.0640. The van der Waals surface area contributed by atoms with Crippen molar-refractivity contribution in [2.75, 3.05) is 0 Å². The minimum Gasteiger partial charge on any atom is -0.505 e. The molecule has 10 heteroatoms. The summed E-state index contributed by atoms with van der Waals surface area (Å²) in [5.41, 5.74) is 2.23. The van der Waals surface area contributed by atoms with Crippen LogP contribution in [0.1, 0.15) is 21.7 Å². The summed E-state index contributed by atoms with van der Waals surface area (Å²) < 4.78 is 7.48. The van der Waals surface area contributed by atoms with Gasteiger partial charge in [-0.3, -0.25) is 14.3 Å². The molecule has 0 unspecified atom stereocenters. The van der Waals surface area contributed by atoms with Crippen LogP contribution in [0.25, 0.3) is 11.4 Å². The summed E-state index contributed by atoms with van der Waals surface area (Å²) >= 11 is 12.3. The molecule has 1 amide bonds. The first-order valence-electron chi connectivity index (χ1n) is 11.6. The fraction of sp³-hybridized carbons (Fsp3) is 0.0714. The van der Waals surface area contributed by atoms with Crippen molar-refractivity contribution in [3.8, 4) is 28.6 Å². The minimum atomic E-state index is -0.409. The molecule has 38 heavy (non-hydrogen) atoms. The molecule has 5 aromatic rings. The Balaban J connectivity index is 1.36. The quantitative estimate of drug-likeness (QED) is 0.243. The molecule has 0 saturated carbocycles. The van der Waals surface area contributed by atoms with Crippen molar-refractivity contribution in [2.45, 2.75) is 13.1 Å². The second kappa shape index (κ2) is 11.3. The first kappa shape index (κ1) is 25.3. The molecule has 0 aliphatic rings. The van der Waals surface area contributed by atoms with Gasteiger partial charge in [0.2, 0.25) is 5.82 Å². The van der Waals surface area contributed by atoms with Crippen molar-refractivity contribution in [1.29, 1.82) is 0 Å². The number of carbonyl (C=O) groups excluding carboxylic acids is 1. The summed E-state index contributed by atoms with van der Waals surface area (Å²) in [7, 11) is 0. The van der Waals surface area contributed by atoms with Gasteiger partial charge in [-0.15, -0.1) is 10.2 Å². The van der Waals surface area contributed by atoms with Crippen molar-refractivity contribution >= 4 is 29.1 Å². The highest BCUT2D eigenvalue weighted by Gasteiger charge is 2.21. The number of pyridine rings is 1. The Labute approximate surface area is 228 Å². The first-order chi connectivity index (χ1) is 18.5. The summed E-state index contributed by atoms with van der Waals surface area (Å²) in [5, 5.41) is 21.4. The van der Waals surface area contributed by atoms with Crippen molar-refractivity contribution in [3.63, 3.8) is 0 Å². The highest BCUT2D eigenvalue weighted by molar-refractivity contribution is 6.37. The van der Waals surface area contributed by atoms with Crippen LogP contribution >= 0.6 is 23.2 Å². The Kier molecular flexibility index (Phi) is 7.53. The average Bonchev–Trinajstić information content (AvgIpc) is 3.35. The molecule has 0 aliphatic carbocycles. The highest BCUT2D eigenvalue weighted by atomic mass is 35.5. The van der Waals surface area contributed by atoms with Crippen LogP contribution in [0.15, 0.2) is 91.3 Å². The Hall–Kier alpha value is -4.40. The lowest BCUT2D eigenvalue weighted by atomic mass is 10.2. The van der Waals surface area contributed by atoms with Gasteiger partial charge in [-0.25, -0.2) is 0 Å². The first-order valence-corrected chi connectivity index (χ1v) is 12.3. The maximum atomic E-state index is 13.2. The molecule has 2 heterocycles. The molecule has 0 radical (unpaired) electrons. The normalized spacial score (nSPS) is 10.8. The number of rotatable bonds is 8. The predicted octanol–water partition coefficient (Wildman–Crippen LogP) is 6.12. The number of carbonyl (C=O) groups is 1. The van der Waals surface area contributed by atoms with E-state index >= 15 is 0 Å². The van der Waals surface area contributed by atoms with Crippen LogP contribution in [0.5, 0.6) is 17.2 Å². The Morgan fingerprint density at radius 2 is 1.61 bits per heavy atom. The molecule has 0 aliphatic heterocycles. The molecule has 0 saturated heterocycles. The van der Waals surface area contributed by atoms with Crippen LogP contribution in [0.4, 0.5) is 0 Å². The number of ether oxygens (including phenoxy) is 1. The van der Waals surface area contributed by atoms with Crippen LogP contribution in [0.3, 0.4) is 0 Å². The fourth-order valence-corrected chi connectivity index (χ4v) is 4.25. The van der Waals surface area contributed by atoms with Gasteiger partial charge in [0, 0.05) is 24.5 Å². The SMILES string of the molecule is O=C(NCc1ccc(Oc2ccccc2)cc1)c1nnc(-c2cc(Cl)c(O)c(Cl)c2)n1Cc1cccnc1. The molecule has 5 rings (SSSR count). The summed E-state index contributed by atoms with van der Waals surface area (Å²) in [5.74, 6) is 1.27. The third-order valence-electron chi connectivity index (χ3n) is 5.65. The van der Waals surface area contributed by atoms with Crippen molar-refractivity contribution in [3.05, 3.63) is 118 Å². The van der Waals surface area contributed by atoms with Gasteiger partial charge in [-0.1, -0.05) is 59.6 Å². The van der Waals surface area contributed by atoms with Gasteiger partial charge in [0.15, 0.2) is 11.6 Å². The molecule has 8 nitrogen and oxygen atoms in total. The van der Waals surface area contributed by atoms with Crippen molar-refractivity contribution in [2.24, 2.45) is 0 Å². The molecule has 0 bridgehead atoms. The van der Waals surface area contributed by atoms with Gasteiger partial charge < -0.3 is 15.2 Å². The van der Waals surface area contributed by atoms with Crippen LogP contribution in [0, 0.1) is 0 Å². The molecule has 0 fully saturated rings. The fourth-order valence-electron chi connectivity index (χ4n) is 3.76. The van der Waals surface area contributed by atoms with Crippen molar-refractivity contribution < 1.29 is 14.6 Å². The zero-order valence-electron chi connectivity index (χ0n) is 19.9. The summed E-state index contributed by atoms with van der Waals surface area (Å²) in [6.07, 6.45) is 3.36. The lowest BCUT2D eigenvalue weighted by molar-refractivity contribution is 0.0936. The Bertz CT molecular complexity index is 1540. The molecule has 3 aromatic carbocycles. The zero-order chi connectivity index (χ0) is 26.5. The number of benzene rings is 3. The van der Waals surface area contributed by atoms with Crippen LogP contribution in [-0.4, -0.2) is 30.8 Å². The molecular formula is C28H21Cl2N5O3. The number of nitrogens with zero attached hydrogens (tertiary/aromatic N) is 4. The average molecular weight is 546 g/mol. The summed E-state index contributed by atoms with van der Waals surface area (Å²) in [6.45, 7) is 0.553. The number of aromatic nitrogens is 4. The lowest BCUT2D eigenvalue weighted by Crippen LogP contribution is -2.26. The molecule has 2 N–H and O–H groups in total. The number of amides is 1. The number of phenols is 1. The van der Waals surface area contributed by atoms with Gasteiger partial charge in [0.25, 0.3) is 5.91 Å². The van der Waals surface area contributed by atoms with E-state index in [0.29, 0.717) is 17.1 Å². The zero-order valence-corrected chi connectivity index (χ0v) is 21.4. The monoisotopic (exact) mass is 545 g/mol. The summed E-state index contributed by atoms with van der Waals surface area (Å²) in [6, 6.07) is 23.7. The standard InChI is InChI=1S/C28H21Cl2N5O3/c29-23-13-20(14-24(30)25(23)36)26-33-34-27(35(26)17-19-5-4-12-31-15-19)28(37)32-16-18-8-10-22(11-9-18)38-21-6-2-1-3-7-21/h1-15,36H,16-17H2,(H,32,37). The smallest absolute Gasteiger partial charge is 0.289 e. The molecular weight excluding hydrogens is 525 g/mol. The Morgan fingerprint density at radius 1 is 0.895 bits per heavy atom. The van der Waals surface area contributed by atoms with Crippen LogP contribution in [-0.2, 0) is 13.1 Å². The molecule has 2 aromatic heterocycles. The lowest BCUT2D eigenvalue weighted by Gasteiger charge is -2.12. The van der Waals surface area contributed by atoms with E-state index in [2.05, 4.69) is 20.5 Å². The van der Waals surface area contributed by atoms with E-state index in [-0.39, 0.29) is 34.7 Å². The molecule has 0 atom stereocenters. The number of aromatic hydroxyl groups is 1. The molecule has 190 valence electrons. The number of nitrogens with one attached hydrogen (secondary N) is 1. The van der Waals surface area contributed by atoms with E-state index in [0.717, 1.165) is 16.9 Å². The maximum Gasteiger partial charge on any atom is 0.289 e. The van der Waals surface area contributed by atoms with Gasteiger partial charge in [0.05, 0.1) is 16.6 Å².